The van der Waals surface area contributed by atoms with E-state index in [0.717, 1.165) is 89.1 Å². The number of benzene rings is 1. The van der Waals surface area contributed by atoms with Gasteiger partial charge in [-0.05, 0) is 125 Å². The van der Waals surface area contributed by atoms with Crippen LogP contribution in [0, 0.1) is 23.7 Å². The maximum atomic E-state index is 11.9. The highest BCUT2D eigenvalue weighted by Crippen LogP contribution is 2.64. The Morgan fingerprint density at radius 1 is 0.979 bits per heavy atom. The van der Waals surface area contributed by atoms with Gasteiger partial charge in [0.15, 0.2) is 5.82 Å². The summed E-state index contributed by atoms with van der Waals surface area (Å²) in [6, 6.07) is 9.83. The van der Waals surface area contributed by atoms with Crippen molar-refractivity contribution in [3.05, 3.63) is 54.1 Å². The van der Waals surface area contributed by atoms with Gasteiger partial charge in [-0.25, -0.2) is 9.97 Å². The largest absolute Gasteiger partial charge is 0.507 e. The Bertz CT molecular complexity index is 1600. The summed E-state index contributed by atoms with van der Waals surface area (Å²) in [7, 11) is 1.50. The molecule has 0 amide bonds. The number of phenolic OH excluding ortho intramolecular Hbond substituents is 1. The zero-order chi connectivity index (χ0) is 32.1. The van der Waals surface area contributed by atoms with E-state index in [9.17, 15) is 9.90 Å². The third-order valence-electron chi connectivity index (χ3n) is 12.6. The number of hydrogen-bond acceptors (Lipinski definition) is 10. The van der Waals surface area contributed by atoms with Crippen molar-refractivity contribution in [2.24, 2.45) is 23.7 Å². The van der Waals surface area contributed by atoms with Gasteiger partial charge in [-0.15, -0.1) is 10.2 Å². The maximum absolute atomic E-state index is 11.9. The summed E-state index contributed by atoms with van der Waals surface area (Å²) < 4.78 is 4.98. The van der Waals surface area contributed by atoms with E-state index in [-0.39, 0.29) is 23.1 Å². The van der Waals surface area contributed by atoms with Crippen molar-refractivity contribution in [3.8, 4) is 17.0 Å². The van der Waals surface area contributed by atoms with Crippen LogP contribution in [0.5, 0.6) is 5.75 Å². The molecule has 10 heteroatoms. The number of para-hydroxylation sites is 1. The van der Waals surface area contributed by atoms with Gasteiger partial charge < -0.3 is 25.4 Å². The molecule has 8 rings (SSSR count). The molecule has 4 atom stereocenters. The molecular formula is C37H47N7O3. The molecule has 47 heavy (non-hydrogen) atoms. The number of hydrogen-bond donors (Lipinski definition) is 2. The van der Waals surface area contributed by atoms with Gasteiger partial charge in [-0.3, -0.25) is 4.79 Å². The standard InChI is InChI=1S/C37H47N7O3/c1-47-35(46)25-6-8-28(9-7-25)43-13-10-24(11-14-43)27-20-39-36(40-21-27)37-18-23-16-30(37)26(19-37)12-15-44(22-23)32-17-31(41-42-34(32)38)29-4-2-3-5-33(29)45/h2-5,17,20-21,23-26,28,30,45H,6-16,18-19,22H2,1H3,(H2,38,42)/t23?,25-,26?,28+,30?,37?. The molecule has 2 bridgehead atoms. The average molecular weight is 638 g/mol. The van der Waals surface area contributed by atoms with Crippen LogP contribution in [0.25, 0.3) is 11.3 Å². The number of esters is 1. The van der Waals surface area contributed by atoms with E-state index >= 15 is 0 Å². The topological polar surface area (TPSA) is 131 Å². The number of nitrogens with two attached hydrogens (primary N) is 1. The summed E-state index contributed by atoms with van der Waals surface area (Å²) in [5.41, 5.74) is 10.0. The number of carbonyl (C=O) groups excluding carboxylic acids is 1. The highest BCUT2D eigenvalue weighted by atomic mass is 16.5. The minimum Gasteiger partial charge on any atom is -0.507 e. The van der Waals surface area contributed by atoms with Crippen molar-refractivity contribution in [2.45, 2.75) is 81.6 Å². The van der Waals surface area contributed by atoms with Gasteiger partial charge in [0.05, 0.1) is 24.4 Å². The highest BCUT2D eigenvalue weighted by Gasteiger charge is 2.61. The molecule has 10 nitrogen and oxygen atoms in total. The third-order valence-corrected chi connectivity index (χ3v) is 12.6. The molecule has 1 aromatic carbocycles. The van der Waals surface area contributed by atoms with Gasteiger partial charge in [0, 0.05) is 42.5 Å². The molecule has 3 saturated carbocycles. The first kappa shape index (κ1) is 30.5. The number of likely N-dealkylation sites (tertiary alicyclic amines) is 1. The zero-order valence-corrected chi connectivity index (χ0v) is 27.4. The SMILES string of the molecule is COC(=O)[C@H]1CC[C@@H](N2CCC(c3cnc(C45CC6CC4C(CCN(c4cc(-c7ccccc7O)nnc4N)C6)C5)nc3)CC2)CC1. The van der Waals surface area contributed by atoms with Gasteiger partial charge in [-0.1, -0.05) is 12.1 Å². The van der Waals surface area contributed by atoms with Crippen LogP contribution >= 0.6 is 0 Å². The summed E-state index contributed by atoms with van der Waals surface area (Å²) >= 11 is 0. The van der Waals surface area contributed by atoms with Crippen LogP contribution in [0.15, 0.2) is 42.7 Å². The number of piperidine rings is 1. The molecule has 3 aliphatic carbocycles. The molecular weight excluding hydrogens is 590 g/mol. The normalized spacial score (nSPS) is 31.1. The molecule has 0 radical (unpaired) electrons. The number of ether oxygens (including phenoxy) is 1. The van der Waals surface area contributed by atoms with Gasteiger partial charge in [0.25, 0.3) is 0 Å². The molecule has 4 unspecified atom stereocenters. The van der Waals surface area contributed by atoms with E-state index in [2.05, 4.69) is 32.4 Å². The predicted octanol–water partition coefficient (Wildman–Crippen LogP) is 5.33. The van der Waals surface area contributed by atoms with Crippen LogP contribution in [-0.4, -0.2) is 75.5 Å². The van der Waals surface area contributed by atoms with E-state index < -0.39 is 0 Å². The number of anilines is 2. The second-order valence-corrected chi connectivity index (χ2v) is 15.0. The summed E-state index contributed by atoms with van der Waals surface area (Å²) in [4.78, 5) is 27.2. The Morgan fingerprint density at radius 2 is 1.74 bits per heavy atom. The molecule has 2 aromatic heterocycles. The third kappa shape index (κ3) is 5.52. The molecule has 2 aliphatic heterocycles. The molecule has 3 aromatic rings. The van der Waals surface area contributed by atoms with Crippen LogP contribution < -0.4 is 10.6 Å². The monoisotopic (exact) mass is 637 g/mol. The summed E-state index contributed by atoms with van der Waals surface area (Å²) in [5, 5.41) is 19.0. The number of nitrogen functional groups attached to an aromatic ring is 1. The summed E-state index contributed by atoms with van der Waals surface area (Å²) in [6.45, 7) is 4.09. The Morgan fingerprint density at radius 3 is 2.49 bits per heavy atom. The number of phenols is 1. The number of fused-ring (bicyclic) bond motifs is 1. The maximum Gasteiger partial charge on any atom is 0.308 e. The van der Waals surface area contributed by atoms with E-state index in [1.165, 1.54) is 25.5 Å². The van der Waals surface area contributed by atoms with Crippen molar-refractivity contribution in [1.29, 1.82) is 0 Å². The van der Waals surface area contributed by atoms with Gasteiger partial charge >= 0.3 is 5.97 Å². The van der Waals surface area contributed by atoms with Gasteiger partial charge in [0.2, 0.25) is 0 Å². The fourth-order valence-corrected chi connectivity index (χ4v) is 10.1. The Labute approximate surface area is 277 Å². The van der Waals surface area contributed by atoms with Crippen molar-refractivity contribution in [2.75, 3.05) is 43.9 Å². The lowest BCUT2D eigenvalue weighted by molar-refractivity contribution is -0.147. The number of carbonyl (C=O) groups is 1. The van der Waals surface area contributed by atoms with Crippen molar-refractivity contribution >= 4 is 17.5 Å². The summed E-state index contributed by atoms with van der Waals surface area (Å²) in [5.74, 6) is 4.13. The predicted molar refractivity (Wildman–Crippen MR) is 180 cm³/mol. The van der Waals surface area contributed by atoms with Crippen molar-refractivity contribution in [1.82, 2.24) is 25.1 Å². The van der Waals surface area contributed by atoms with Crippen LogP contribution in [0.3, 0.4) is 0 Å². The van der Waals surface area contributed by atoms with Gasteiger partial charge in [0.1, 0.15) is 11.6 Å². The first-order valence-electron chi connectivity index (χ1n) is 17.7. The lowest BCUT2D eigenvalue weighted by Gasteiger charge is -2.51. The van der Waals surface area contributed by atoms with Crippen LogP contribution in [0.2, 0.25) is 0 Å². The van der Waals surface area contributed by atoms with E-state index in [1.807, 2.05) is 24.3 Å². The van der Waals surface area contributed by atoms with E-state index in [0.29, 0.717) is 46.8 Å². The molecule has 5 aliphatic rings. The minimum absolute atomic E-state index is 0.0374. The molecule has 3 N–H and O–H groups in total. The second-order valence-electron chi connectivity index (χ2n) is 15.0. The Hall–Kier alpha value is -3.79. The lowest BCUT2D eigenvalue weighted by atomic mass is 9.54. The van der Waals surface area contributed by atoms with Crippen LogP contribution in [-0.2, 0) is 14.9 Å². The van der Waals surface area contributed by atoms with Crippen molar-refractivity contribution < 1.29 is 14.6 Å². The zero-order valence-electron chi connectivity index (χ0n) is 27.4. The van der Waals surface area contributed by atoms with Gasteiger partial charge in [-0.2, -0.15) is 0 Å². The van der Waals surface area contributed by atoms with Crippen molar-refractivity contribution in [3.63, 3.8) is 0 Å². The molecule has 4 heterocycles. The molecule has 5 fully saturated rings. The Kier molecular flexibility index (Phi) is 8.02. The van der Waals surface area contributed by atoms with Crippen LogP contribution in [0.1, 0.15) is 81.5 Å². The molecule has 0 spiro atoms. The minimum atomic E-state index is -0.0374. The molecule has 2 saturated heterocycles. The fourth-order valence-electron chi connectivity index (χ4n) is 10.1. The fraction of sp³-hybridized carbons (Fsp3) is 0.595. The summed E-state index contributed by atoms with van der Waals surface area (Å²) in [6.07, 6.45) is 15.3. The first-order valence-corrected chi connectivity index (χ1v) is 17.7. The number of methoxy groups -OCH3 is 1. The number of aromatic nitrogens is 4. The Balaban J connectivity index is 0.910. The quantitative estimate of drug-likeness (QED) is 0.342. The highest BCUT2D eigenvalue weighted by molar-refractivity contribution is 5.74. The smallest absolute Gasteiger partial charge is 0.308 e. The van der Waals surface area contributed by atoms with E-state index in [1.54, 1.807) is 6.07 Å². The average Bonchev–Trinajstić information content (AvgIpc) is 3.45. The number of nitrogens with zero attached hydrogens (tertiary/aromatic N) is 6. The number of rotatable bonds is 6. The lowest BCUT2D eigenvalue weighted by Crippen LogP contribution is -2.49. The first-order chi connectivity index (χ1) is 22.9. The second kappa shape index (κ2) is 12.3. The molecule has 248 valence electrons. The number of aromatic hydroxyl groups is 1. The van der Waals surface area contributed by atoms with E-state index in [4.69, 9.17) is 20.4 Å². The van der Waals surface area contributed by atoms with Crippen LogP contribution in [0.4, 0.5) is 11.5 Å².